The molecule has 0 atom stereocenters. The van der Waals surface area contributed by atoms with Gasteiger partial charge in [-0.05, 0) is 45.3 Å². The third-order valence-electron chi connectivity index (χ3n) is 4.91. The summed E-state index contributed by atoms with van der Waals surface area (Å²) < 4.78 is 18.3. The van der Waals surface area contributed by atoms with Crippen LogP contribution in [-0.4, -0.2) is 23.3 Å². The molecule has 4 rings (SSSR count). The van der Waals surface area contributed by atoms with Crippen molar-refractivity contribution in [3.63, 3.8) is 0 Å². The number of fused-ring (bicyclic) bond motifs is 3. The molecule has 0 unspecified atom stereocenters. The Morgan fingerprint density at radius 2 is 1.74 bits per heavy atom. The predicted octanol–water partition coefficient (Wildman–Crippen LogP) is 3.93. The molecule has 1 aliphatic rings. The van der Waals surface area contributed by atoms with E-state index in [0.717, 1.165) is 16.2 Å². The lowest BCUT2D eigenvalue weighted by Gasteiger charge is -2.32. The van der Waals surface area contributed by atoms with Gasteiger partial charge in [-0.3, -0.25) is 4.98 Å². The molecule has 0 radical (unpaired) electrons. The Balaban J connectivity index is 1.97. The highest BCUT2D eigenvalue weighted by molar-refractivity contribution is 6.66. The maximum absolute atomic E-state index is 6.32. The first-order valence-corrected chi connectivity index (χ1v) is 7.98. The molecule has 1 saturated heterocycles. The molecule has 23 heavy (non-hydrogen) atoms. The van der Waals surface area contributed by atoms with Gasteiger partial charge in [0.1, 0.15) is 0 Å². The molecule has 0 amide bonds. The van der Waals surface area contributed by atoms with Crippen molar-refractivity contribution in [3.05, 3.63) is 35.6 Å². The van der Waals surface area contributed by atoms with Gasteiger partial charge in [0.2, 0.25) is 0 Å². The van der Waals surface area contributed by atoms with Gasteiger partial charge in [0, 0.05) is 17.0 Å². The molecule has 2 aromatic heterocycles. The third-order valence-corrected chi connectivity index (χ3v) is 5.21. The summed E-state index contributed by atoms with van der Waals surface area (Å²) in [6, 6.07) is 5.69. The van der Waals surface area contributed by atoms with Crippen molar-refractivity contribution in [2.45, 2.75) is 38.9 Å². The second-order valence-corrected chi connectivity index (χ2v) is 7.31. The quantitative estimate of drug-likeness (QED) is 0.634. The van der Waals surface area contributed by atoms with Gasteiger partial charge in [-0.1, -0.05) is 17.7 Å². The van der Waals surface area contributed by atoms with Crippen LogP contribution in [0.3, 0.4) is 0 Å². The largest absolute Gasteiger partial charge is 0.495 e. The highest BCUT2D eigenvalue weighted by atomic mass is 35.5. The zero-order chi connectivity index (χ0) is 16.4. The smallest absolute Gasteiger partial charge is 0.453 e. The molecule has 3 aromatic rings. The molecule has 4 nitrogen and oxygen atoms in total. The Morgan fingerprint density at radius 1 is 1.04 bits per heavy atom. The molecule has 1 fully saturated rings. The number of nitrogens with zero attached hydrogens (tertiary/aromatic N) is 1. The Kier molecular flexibility index (Phi) is 3.08. The summed E-state index contributed by atoms with van der Waals surface area (Å²) in [5.74, 6) is 0. The average molecular weight is 330 g/mol. The summed E-state index contributed by atoms with van der Waals surface area (Å²) in [4.78, 5) is 4.11. The SMILES string of the molecule is CC1(C)OB(c2ccc(Cl)c3oc4cnccc4c23)OC1(C)C. The van der Waals surface area contributed by atoms with E-state index < -0.39 is 18.3 Å². The van der Waals surface area contributed by atoms with Crippen LogP contribution in [0, 0.1) is 0 Å². The van der Waals surface area contributed by atoms with Gasteiger partial charge in [-0.25, -0.2) is 0 Å². The van der Waals surface area contributed by atoms with E-state index in [0.29, 0.717) is 16.2 Å². The van der Waals surface area contributed by atoms with Crippen molar-refractivity contribution < 1.29 is 13.7 Å². The van der Waals surface area contributed by atoms with Crippen molar-refractivity contribution in [1.82, 2.24) is 4.98 Å². The predicted molar refractivity (Wildman–Crippen MR) is 92.2 cm³/mol. The fraction of sp³-hybridized carbons (Fsp3) is 0.353. The first-order chi connectivity index (χ1) is 10.8. The maximum atomic E-state index is 6.32. The van der Waals surface area contributed by atoms with Crippen LogP contribution in [0.15, 0.2) is 35.0 Å². The topological polar surface area (TPSA) is 44.5 Å². The van der Waals surface area contributed by atoms with Gasteiger partial charge in [0.25, 0.3) is 0 Å². The fourth-order valence-electron chi connectivity index (χ4n) is 2.89. The molecule has 0 saturated carbocycles. The first kappa shape index (κ1) is 15.0. The summed E-state index contributed by atoms with van der Waals surface area (Å²) in [6.45, 7) is 8.16. The number of pyridine rings is 1. The van der Waals surface area contributed by atoms with E-state index in [9.17, 15) is 0 Å². The van der Waals surface area contributed by atoms with Gasteiger partial charge in [-0.2, -0.15) is 0 Å². The molecular weight excluding hydrogens is 312 g/mol. The Bertz CT molecular complexity index is 903. The van der Waals surface area contributed by atoms with Crippen LogP contribution >= 0.6 is 11.6 Å². The zero-order valence-electron chi connectivity index (χ0n) is 13.5. The van der Waals surface area contributed by atoms with Crippen LogP contribution in [0.2, 0.25) is 5.02 Å². The number of hydrogen-bond acceptors (Lipinski definition) is 4. The van der Waals surface area contributed by atoms with Crippen LogP contribution in [0.5, 0.6) is 0 Å². The normalized spacial score (nSPS) is 19.8. The highest BCUT2D eigenvalue weighted by Gasteiger charge is 2.52. The fourth-order valence-corrected chi connectivity index (χ4v) is 3.09. The van der Waals surface area contributed by atoms with E-state index in [2.05, 4.69) is 4.98 Å². The van der Waals surface area contributed by atoms with Crippen molar-refractivity contribution in [1.29, 1.82) is 0 Å². The van der Waals surface area contributed by atoms with E-state index in [-0.39, 0.29) is 0 Å². The van der Waals surface area contributed by atoms with Gasteiger partial charge >= 0.3 is 7.12 Å². The molecule has 0 spiro atoms. The summed E-state index contributed by atoms with van der Waals surface area (Å²) in [5, 5.41) is 2.45. The maximum Gasteiger partial charge on any atom is 0.495 e. The van der Waals surface area contributed by atoms with Crippen molar-refractivity contribution in [2.24, 2.45) is 0 Å². The highest BCUT2D eigenvalue weighted by Crippen LogP contribution is 2.38. The number of aromatic nitrogens is 1. The summed E-state index contributed by atoms with van der Waals surface area (Å²) in [7, 11) is -0.464. The Labute approximate surface area is 139 Å². The van der Waals surface area contributed by atoms with Crippen LogP contribution in [-0.2, 0) is 9.31 Å². The van der Waals surface area contributed by atoms with Gasteiger partial charge < -0.3 is 13.7 Å². The summed E-state index contributed by atoms with van der Waals surface area (Å²) >= 11 is 6.32. The lowest BCUT2D eigenvalue weighted by atomic mass is 9.76. The Morgan fingerprint density at radius 3 is 2.43 bits per heavy atom. The first-order valence-electron chi connectivity index (χ1n) is 7.60. The third kappa shape index (κ3) is 2.11. The van der Waals surface area contributed by atoms with E-state index >= 15 is 0 Å². The minimum absolute atomic E-state index is 0.398. The number of furan rings is 1. The molecule has 0 N–H and O–H groups in total. The zero-order valence-corrected chi connectivity index (χ0v) is 14.3. The molecule has 3 heterocycles. The molecule has 0 bridgehead atoms. The number of halogens is 1. The number of benzene rings is 1. The Hall–Kier alpha value is -1.56. The number of hydrogen-bond donors (Lipinski definition) is 0. The average Bonchev–Trinajstić information content (AvgIpc) is 2.96. The van der Waals surface area contributed by atoms with Crippen LogP contribution in [0.25, 0.3) is 21.9 Å². The van der Waals surface area contributed by atoms with Crippen LogP contribution < -0.4 is 5.46 Å². The molecular formula is C17H17BClNO3. The second kappa shape index (κ2) is 4.73. The van der Waals surface area contributed by atoms with E-state index in [4.69, 9.17) is 25.3 Å². The standard InChI is InChI=1S/C17H17BClNO3/c1-16(2)17(3,4)23-18(22-16)11-5-6-12(19)15-14(11)10-7-8-20-9-13(10)21-15/h5-9H,1-4H3. The minimum Gasteiger partial charge on any atom is -0.453 e. The summed E-state index contributed by atoms with van der Waals surface area (Å²) in [5.41, 5.74) is 1.47. The van der Waals surface area contributed by atoms with Crippen LogP contribution in [0.4, 0.5) is 0 Å². The second-order valence-electron chi connectivity index (χ2n) is 6.90. The van der Waals surface area contributed by atoms with E-state index in [1.165, 1.54) is 0 Å². The van der Waals surface area contributed by atoms with Crippen molar-refractivity contribution >= 4 is 46.1 Å². The van der Waals surface area contributed by atoms with E-state index in [1.807, 2.05) is 45.9 Å². The molecule has 1 aromatic carbocycles. The van der Waals surface area contributed by atoms with Gasteiger partial charge in [0.05, 0.1) is 22.4 Å². The van der Waals surface area contributed by atoms with Gasteiger partial charge in [-0.15, -0.1) is 0 Å². The van der Waals surface area contributed by atoms with Crippen LogP contribution in [0.1, 0.15) is 27.7 Å². The minimum atomic E-state index is -0.464. The molecule has 118 valence electrons. The summed E-state index contributed by atoms with van der Waals surface area (Å²) in [6.07, 6.45) is 3.44. The molecule has 6 heteroatoms. The lowest BCUT2D eigenvalue weighted by Crippen LogP contribution is -2.41. The van der Waals surface area contributed by atoms with Crippen molar-refractivity contribution in [2.75, 3.05) is 0 Å². The van der Waals surface area contributed by atoms with Crippen molar-refractivity contribution in [3.8, 4) is 0 Å². The molecule has 0 aliphatic carbocycles. The molecule has 1 aliphatic heterocycles. The monoisotopic (exact) mass is 329 g/mol. The van der Waals surface area contributed by atoms with E-state index in [1.54, 1.807) is 12.4 Å². The van der Waals surface area contributed by atoms with Gasteiger partial charge in [0.15, 0.2) is 11.2 Å². The lowest BCUT2D eigenvalue weighted by molar-refractivity contribution is 0.00578. The number of rotatable bonds is 1.